The number of nitrogens with one attached hydrogen (secondary N) is 2. The molecule has 30 heavy (non-hydrogen) atoms. The van der Waals surface area contributed by atoms with Gasteiger partial charge >= 0.3 is 0 Å². The summed E-state index contributed by atoms with van der Waals surface area (Å²) in [5.74, 6) is -0.0485. The number of amides is 2. The molecule has 0 bridgehead atoms. The van der Waals surface area contributed by atoms with Gasteiger partial charge in [0, 0.05) is 22.2 Å². The number of fused-ring (bicyclic) bond motifs is 1. The molecule has 1 heterocycles. The molecule has 2 amide bonds. The van der Waals surface area contributed by atoms with Gasteiger partial charge in [-0.2, -0.15) is 0 Å². The minimum Gasteiger partial charge on any atom is -0.449 e. The molecule has 0 aromatic heterocycles. The van der Waals surface area contributed by atoms with E-state index in [1.54, 1.807) is 60.7 Å². The van der Waals surface area contributed by atoms with Crippen LogP contribution in [0.3, 0.4) is 0 Å². The summed E-state index contributed by atoms with van der Waals surface area (Å²) < 4.78 is 5.73. The fraction of sp³-hybridized carbons (Fsp3) is 0.0435. The van der Waals surface area contributed by atoms with E-state index < -0.39 is 5.91 Å². The summed E-state index contributed by atoms with van der Waals surface area (Å²) in [7, 11) is 0. The Morgan fingerprint density at radius 2 is 1.80 bits per heavy atom. The van der Waals surface area contributed by atoms with Crippen molar-refractivity contribution in [1.82, 2.24) is 5.32 Å². The summed E-state index contributed by atoms with van der Waals surface area (Å²) in [6.07, 6.45) is 1.63. The molecular weight excluding hydrogens is 423 g/mol. The van der Waals surface area contributed by atoms with E-state index in [0.29, 0.717) is 33.6 Å². The predicted octanol–water partition coefficient (Wildman–Crippen LogP) is 5.30. The van der Waals surface area contributed by atoms with Gasteiger partial charge in [0.25, 0.3) is 11.8 Å². The van der Waals surface area contributed by atoms with Crippen LogP contribution in [0.15, 0.2) is 72.5 Å². The first-order valence-corrected chi connectivity index (χ1v) is 9.87. The van der Waals surface area contributed by atoms with Crippen LogP contribution in [0.25, 0.3) is 6.08 Å². The van der Waals surface area contributed by atoms with Crippen LogP contribution in [0.4, 0.5) is 5.69 Å². The van der Waals surface area contributed by atoms with Crippen LogP contribution >= 0.6 is 23.2 Å². The van der Waals surface area contributed by atoms with Gasteiger partial charge in [-0.15, -0.1) is 0 Å². The molecule has 150 valence electrons. The summed E-state index contributed by atoms with van der Waals surface area (Å²) >= 11 is 11.8. The molecule has 3 aromatic carbocycles. The van der Waals surface area contributed by atoms with Crippen LogP contribution < -0.4 is 15.4 Å². The van der Waals surface area contributed by atoms with E-state index in [1.807, 2.05) is 12.1 Å². The Hall–Kier alpha value is -3.28. The van der Waals surface area contributed by atoms with Gasteiger partial charge in [0.2, 0.25) is 0 Å². The van der Waals surface area contributed by atoms with Crippen LogP contribution in [0.1, 0.15) is 21.5 Å². The van der Waals surface area contributed by atoms with Crippen molar-refractivity contribution in [1.29, 1.82) is 0 Å². The lowest BCUT2D eigenvalue weighted by molar-refractivity contribution is -0.115. The lowest BCUT2D eigenvalue weighted by atomic mass is 10.1. The monoisotopic (exact) mass is 438 g/mol. The van der Waals surface area contributed by atoms with Crippen molar-refractivity contribution in [3.05, 3.63) is 99.2 Å². The van der Waals surface area contributed by atoms with Crippen molar-refractivity contribution in [2.75, 3.05) is 5.32 Å². The van der Waals surface area contributed by atoms with Crippen LogP contribution in [0.2, 0.25) is 10.0 Å². The number of ether oxygens (including phenoxy) is 1. The summed E-state index contributed by atoms with van der Waals surface area (Å²) in [6, 6.07) is 19.2. The van der Waals surface area contributed by atoms with Crippen LogP contribution in [0.5, 0.6) is 5.75 Å². The lowest BCUT2D eigenvalue weighted by Gasteiger charge is -2.20. The molecule has 1 aliphatic heterocycles. The van der Waals surface area contributed by atoms with Crippen molar-refractivity contribution in [3.63, 3.8) is 0 Å². The Bertz CT molecular complexity index is 1160. The highest BCUT2D eigenvalue weighted by atomic mass is 35.5. The van der Waals surface area contributed by atoms with E-state index in [9.17, 15) is 9.59 Å². The van der Waals surface area contributed by atoms with Crippen molar-refractivity contribution in [2.45, 2.75) is 6.54 Å². The molecule has 0 aliphatic carbocycles. The van der Waals surface area contributed by atoms with E-state index in [1.165, 1.54) is 0 Å². The maximum absolute atomic E-state index is 12.5. The molecule has 2 N–H and O–H groups in total. The smallest absolute Gasteiger partial charge is 0.291 e. The first-order chi connectivity index (χ1) is 14.5. The second-order valence-corrected chi connectivity index (χ2v) is 7.51. The molecule has 0 spiro atoms. The van der Waals surface area contributed by atoms with Crippen LogP contribution in [0, 0.1) is 0 Å². The summed E-state index contributed by atoms with van der Waals surface area (Å²) in [6.45, 7) is 0.341. The molecule has 0 saturated carbocycles. The standard InChI is InChI=1S/C23H16Cl2N2O3/c24-17-7-4-14(5-8-17)11-21-23(29)27-19-12-16(6-9-20(19)30-21)22(28)26-13-15-2-1-3-18(25)10-15/h1-12H,13H2,(H,26,28)(H,27,29). The minimum atomic E-state index is -0.395. The zero-order valence-electron chi connectivity index (χ0n) is 15.6. The zero-order valence-corrected chi connectivity index (χ0v) is 17.1. The molecule has 0 unspecified atom stereocenters. The third kappa shape index (κ3) is 4.64. The largest absolute Gasteiger partial charge is 0.449 e. The summed E-state index contributed by atoms with van der Waals surface area (Å²) in [4.78, 5) is 24.9. The van der Waals surface area contributed by atoms with Gasteiger partial charge < -0.3 is 15.4 Å². The van der Waals surface area contributed by atoms with Gasteiger partial charge in [0.05, 0.1) is 5.69 Å². The third-order valence-electron chi connectivity index (χ3n) is 4.44. The third-order valence-corrected chi connectivity index (χ3v) is 4.93. The van der Waals surface area contributed by atoms with E-state index in [-0.39, 0.29) is 11.7 Å². The number of benzene rings is 3. The first kappa shape index (κ1) is 20.0. The Balaban J connectivity index is 1.48. The van der Waals surface area contributed by atoms with Gasteiger partial charge in [0.1, 0.15) is 0 Å². The number of hydrogen-bond donors (Lipinski definition) is 2. The number of carbonyl (C=O) groups is 2. The number of rotatable bonds is 4. The van der Waals surface area contributed by atoms with Gasteiger partial charge in [0.15, 0.2) is 11.5 Å². The average Bonchev–Trinajstić information content (AvgIpc) is 2.74. The fourth-order valence-electron chi connectivity index (χ4n) is 2.94. The van der Waals surface area contributed by atoms with E-state index in [2.05, 4.69) is 10.6 Å². The normalized spacial score (nSPS) is 13.9. The number of anilines is 1. The average molecular weight is 439 g/mol. The van der Waals surface area contributed by atoms with Crippen molar-refractivity contribution >= 4 is 46.8 Å². The molecular formula is C23H16Cl2N2O3. The van der Waals surface area contributed by atoms with Crippen molar-refractivity contribution < 1.29 is 14.3 Å². The summed E-state index contributed by atoms with van der Waals surface area (Å²) in [5, 5.41) is 6.81. The van der Waals surface area contributed by atoms with Crippen LogP contribution in [-0.4, -0.2) is 11.8 Å². The fourth-order valence-corrected chi connectivity index (χ4v) is 3.28. The van der Waals surface area contributed by atoms with Crippen LogP contribution in [-0.2, 0) is 11.3 Å². The molecule has 1 aliphatic rings. The second-order valence-electron chi connectivity index (χ2n) is 6.64. The Kier molecular flexibility index (Phi) is 5.74. The van der Waals surface area contributed by atoms with E-state index in [0.717, 1.165) is 11.1 Å². The van der Waals surface area contributed by atoms with Crippen molar-refractivity contribution in [2.24, 2.45) is 0 Å². The molecule has 0 fully saturated rings. The highest BCUT2D eigenvalue weighted by Crippen LogP contribution is 2.32. The highest BCUT2D eigenvalue weighted by Gasteiger charge is 2.23. The summed E-state index contributed by atoms with van der Waals surface area (Å²) in [5.41, 5.74) is 2.51. The molecule has 0 radical (unpaired) electrons. The Morgan fingerprint density at radius 1 is 1.00 bits per heavy atom. The lowest BCUT2D eigenvalue weighted by Crippen LogP contribution is -2.25. The first-order valence-electron chi connectivity index (χ1n) is 9.11. The number of carbonyl (C=O) groups excluding carboxylic acids is 2. The molecule has 5 nitrogen and oxygen atoms in total. The minimum absolute atomic E-state index is 0.156. The SMILES string of the molecule is O=C1Nc2cc(C(=O)NCc3cccc(Cl)c3)ccc2OC1=Cc1ccc(Cl)cc1. The Morgan fingerprint density at radius 3 is 2.57 bits per heavy atom. The quantitative estimate of drug-likeness (QED) is 0.543. The van der Waals surface area contributed by atoms with E-state index >= 15 is 0 Å². The molecule has 0 atom stereocenters. The van der Waals surface area contributed by atoms with Crippen molar-refractivity contribution in [3.8, 4) is 5.75 Å². The van der Waals surface area contributed by atoms with Gasteiger partial charge in [-0.05, 0) is 59.7 Å². The number of halogens is 2. The van der Waals surface area contributed by atoms with Gasteiger partial charge in [-0.3, -0.25) is 9.59 Å². The molecule has 0 saturated heterocycles. The predicted molar refractivity (Wildman–Crippen MR) is 118 cm³/mol. The second kappa shape index (κ2) is 8.61. The zero-order chi connectivity index (χ0) is 21.1. The number of hydrogen-bond acceptors (Lipinski definition) is 3. The topological polar surface area (TPSA) is 67.4 Å². The Labute approximate surface area is 183 Å². The maximum Gasteiger partial charge on any atom is 0.291 e. The molecule has 7 heteroatoms. The maximum atomic E-state index is 12.5. The molecule has 4 rings (SSSR count). The molecule has 3 aromatic rings. The van der Waals surface area contributed by atoms with E-state index in [4.69, 9.17) is 27.9 Å². The van der Waals surface area contributed by atoms with Gasteiger partial charge in [-0.1, -0.05) is 47.5 Å². The van der Waals surface area contributed by atoms with Gasteiger partial charge in [-0.25, -0.2) is 0 Å². The highest BCUT2D eigenvalue weighted by molar-refractivity contribution is 6.30.